The molecule has 0 aliphatic carbocycles. The van der Waals surface area contributed by atoms with E-state index in [1.165, 1.54) is 0 Å². The summed E-state index contributed by atoms with van der Waals surface area (Å²) in [6.45, 7) is 7.85. The Bertz CT molecular complexity index is 1550. The third-order valence-corrected chi connectivity index (χ3v) is 5.91. The standard InChI is InChI=1S/C25H25N7O/c1-5-17(30-23-21-22(27-13-26-21)28-16(4)29-23)24-31-18-11-8-10-15(3)20(18)25(33)32(24)19-12-7-6-9-14(19)2/h6-13,17H,5H2,1-4H3,(H2,26,27,28,29,30). The van der Waals surface area contributed by atoms with Gasteiger partial charge in [-0.05, 0) is 50.5 Å². The van der Waals surface area contributed by atoms with Crippen molar-refractivity contribution in [1.82, 2.24) is 29.5 Å². The quantitative estimate of drug-likeness (QED) is 0.417. The van der Waals surface area contributed by atoms with Crippen LogP contribution < -0.4 is 10.9 Å². The van der Waals surface area contributed by atoms with Crippen LogP contribution in [0.25, 0.3) is 27.8 Å². The summed E-state index contributed by atoms with van der Waals surface area (Å²) in [7, 11) is 0. The van der Waals surface area contributed by atoms with E-state index in [-0.39, 0.29) is 11.6 Å². The molecule has 1 atom stereocenters. The molecule has 0 amide bonds. The first-order valence-electron chi connectivity index (χ1n) is 11.0. The Morgan fingerprint density at radius 3 is 2.58 bits per heavy atom. The maximum Gasteiger partial charge on any atom is 0.266 e. The van der Waals surface area contributed by atoms with E-state index in [1.54, 1.807) is 10.9 Å². The third-order valence-electron chi connectivity index (χ3n) is 5.91. The Hall–Kier alpha value is -4.07. The molecule has 2 N–H and O–H groups in total. The minimum atomic E-state index is -0.281. The van der Waals surface area contributed by atoms with Crippen LogP contribution in [0.4, 0.5) is 5.82 Å². The molecule has 0 fully saturated rings. The van der Waals surface area contributed by atoms with Crippen LogP contribution in [0.2, 0.25) is 0 Å². The van der Waals surface area contributed by atoms with E-state index in [9.17, 15) is 4.79 Å². The number of hydrogen-bond acceptors (Lipinski definition) is 6. The fourth-order valence-electron chi connectivity index (χ4n) is 4.26. The Balaban J connectivity index is 1.77. The third kappa shape index (κ3) is 3.53. The molecule has 5 aromatic rings. The maximum atomic E-state index is 13.9. The van der Waals surface area contributed by atoms with Gasteiger partial charge in [-0.25, -0.2) is 19.9 Å². The molecule has 8 nitrogen and oxygen atoms in total. The molecular formula is C25H25N7O. The molecule has 0 saturated carbocycles. The molecule has 0 bridgehead atoms. The van der Waals surface area contributed by atoms with Crippen molar-refractivity contribution >= 4 is 27.9 Å². The number of imidazole rings is 1. The number of aromatic amines is 1. The summed E-state index contributed by atoms with van der Waals surface area (Å²) in [4.78, 5) is 35.3. The zero-order chi connectivity index (χ0) is 23.1. The van der Waals surface area contributed by atoms with Gasteiger partial charge in [-0.15, -0.1) is 0 Å². The molecular weight excluding hydrogens is 414 g/mol. The summed E-state index contributed by atoms with van der Waals surface area (Å²) >= 11 is 0. The Kier molecular flexibility index (Phi) is 5.12. The number of rotatable bonds is 5. The van der Waals surface area contributed by atoms with Crippen molar-refractivity contribution in [3.63, 3.8) is 0 Å². The number of hydrogen-bond donors (Lipinski definition) is 2. The van der Waals surface area contributed by atoms with Crippen molar-refractivity contribution < 1.29 is 0 Å². The van der Waals surface area contributed by atoms with Crippen molar-refractivity contribution in [3.05, 3.63) is 81.9 Å². The molecule has 0 radical (unpaired) electrons. The van der Waals surface area contributed by atoms with E-state index < -0.39 is 0 Å². The molecule has 0 saturated heterocycles. The molecule has 3 heterocycles. The molecule has 5 rings (SSSR count). The van der Waals surface area contributed by atoms with Gasteiger partial charge in [0.1, 0.15) is 17.2 Å². The van der Waals surface area contributed by atoms with Crippen LogP contribution >= 0.6 is 0 Å². The molecule has 166 valence electrons. The van der Waals surface area contributed by atoms with Crippen LogP contribution in [0.5, 0.6) is 0 Å². The summed E-state index contributed by atoms with van der Waals surface area (Å²) in [5, 5.41) is 4.13. The van der Waals surface area contributed by atoms with Gasteiger partial charge in [0.15, 0.2) is 11.5 Å². The summed E-state index contributed by atoms with van der Waals surface area (Å²) in [5.41, 5.74) is 4.65. The van der Waals surface area contributed by atoms with Crippen molar-refractivity contribution in [2.24, 2.45) is 0 Å². The highest BCUT2D eigenvalue weighted by molar-refractivity contribution is 5.83. The van der Waals surface area contributed by atoms with Crippen LogP contribution in [0.3, 0.4) is 0 Å². The smallest absolute Gasteiger partial charge is 0.266 e. The van der Waals surface area contributed by atoms with Gasteiger partial charge >= 0.3 is 0 Å². The molecule has 3 aromatic heterocycles. The largest absolute Gasteiger partial charge is 0.358 e. The molecule has 33 heavy (non-hydrogen) atoms. The van der Waals surface area contributed by atoms with E-state index >= 15 is 0 Å². The topological polar surface area (TPSA) is 101 Å². The van der Waals surface area contributed by atoms with Crippen molar-refractivity contribution in [3.8, 4) is 5.69 Å². The highest BCUT2D eigenvalue weighted by Crippen LogP contribution is 2.27. The lowest BCUT2D eigenvalue weighted by molar-refractivity contribution is 0.657. The second-order valence-corrected chi connectivity index (χ2v) is 8.19. The minimum Gasteiger partial charge on any atom is -0.358 e. The van der Waals surface area contributed by atoms with E-state index in [0.29, 0.717) is 46.0 Å². The van der Waals surface area contributed by atoms with Gasteiger partial charge in [0.05, 0.1) is 29.0 Å². The monoisotopic (exact) mass is 439 g/mol. The van der Waals surface area contributed by atoms with Crippen LogP contribution in [0, 0.1) is 20.8 Å². The Labute approximate surface area is 190 Å². The lowest BCUT2D eigenvalue weighted by Gasteiger charge is -2.23. The van der Waals surface area contributed by atoms with E-state index in [1.807, 2.05) is 63.2 Å². The van der Waals surface area contributed by atoms with Gasteiger partial charge in [-0.2, -0.15) is 0 Å². The summed E-state index contributed by atoms with van der Waals surface area (Å²) in [5.74, 6) is 1.87. The summed E-state index contributed by atoms with van der Waals surface area (Å²) < 4.78 is 1.74. The lowest BCUT2D eigenvalue weighted by Crippen LogP contribution is -2.29. The number of fused-ring (bicyclic) bond motifs is 2. The lowest BCUT2D eigenvalue weighted by atomic mass is 10.1. The predicted molar refractivity (Wildman–Crippen MR) is 130 cm³/mol. The predicted octanol–water partition coefficient (Wildman–Crippen LogP) is 4.54. The minimum absolute atomic E-state index is 0.0774. The molecule has 1 unspecified atom stereocenters. The van der Waals surface area contributed by atoms with Gasteiger partial charge in [0, 0.05) is 0 Å². The first-order valence-corrected chi connectivity index (χ1v) is 11.0. The van der Waals surface area contributed by atoms with Crippen LogP contribution in [-0.2, 0) is 0 Å². The number of nitrogens with zero attached hydrogens (tertiary/aromatic N) is 5. The number of para-hydroxylation sites is 1. The number of aryl methyl sites for hydroxylation is 3. The van der Waals surface area contributed by atoms with E-state index in [4.69, 9.17) is 4.98 Å². The first-order chi connectivity index (χ1) is 16.0. The van der Waals surface area contributed by atoms with Crippen LogP contribution in [0.15, 0.2) is 53.6 Å². The second-order valence-electron chi connectivity index (χ2n) is 8.19. The number of H-pyrrole nitrogens is 1. The molecule has 2 aromatic carbocycles. The van der Waals surface area contributed by atoms with Crippen LogP contribution in [-0.4, -0.2) is 29.5 Å². The fraction of sp³-hybridized carbons (Fsp3) is 0.240. The van der Waals surface area contributed by atoms with Crippen LogP contribution in [0.1, 0.15) is 42.2 Å². The average molecular weight is 440 g/mol. The van der Waals surface area contributed by atoms with Gasteiger partial charge in [-0.1, -0.05) is 37.3 Å². The SMILES string of the molecule is CCC(Nc1nc(C)nc2[nH]cnc12)c1nc2cccc(C)c2c(=O)n1-c1ccccc1C. The molecule has 0 spiro atoms. The second kappa shape index (κ2) is 8.12. The Morgan fingerprint density at radius 2 is 1.79 bits per heavy atom. The fourth-order valence-corrected chi connectivity index (χ4v) is 4.26. The van der Waals surface area contributed by atoms with Gasteiger partial charge in [0.25, 0.3) is 5.56 Å². The zero-order valence-corrected chi connectivity index (χ0v) is 19.0. The van der Waals surface area contributed by atoms with E-state index in [0.717, 1.165) is 16.8 Å². The number of aromatic nitrogens is 6. The van der Waals surface area contributed by atoms with Gasteiger partial charge < -0.3 is 10.3 Å². The summed E-state index contributed by atoms with van der Waals surface area (Å²) in [6, 6.07) is 13.4. The van der Waals surface area contributed by atoms with Crippen molar-refractivity contribution in [2.45, 2.75) is 40.2 Å². The van der Waals surface area contributed by atoms with Crippen molar-refractivity contribution in [1.29, 1.82) is 0 Å². The van der Waals surface area contributed by atoms with Crippen molar-refractivity contribution in [2.75, 3.05) is 5.32 Å². The number of anilines is 1. The van der Waals surface area contributed by atoms with Gasteiger partial charge in [-0.3, -0.25) is 9.36 Å². The first kappa shape index (κ1) is 20.8. The number of nitrogens with one attached hydrogen (secondary N) is 2. The summed E-state index contributed by atoms with van der Waals surface area (Å²) in [6.07, 6.45) is 2.29. The highest BCUT2D eigenvalue weighted by Gasteiger charge is 2.23. The molecule has 8 heteroatoms. The maximum absolute atomic E-state index is 13.9. The Morgan fingerprint density at radius 1 is 1.00 bits per heavy atom. The molecule has 0 aliphatic heterocycles. The zero-order valence-electron chi connectivity index (χ0n) is 19.0. The highest BCUT2D eigenvalue weighted by atomic mass is 16.1. The number of benzene rings is 2. The normalized spacial score (nSPS) is 12.4. The average Bonchev–Trinajstić information content (AvgIpc) is 3.26. The molecule has 0 aliphatic rings. The van der Waals surface area contributed by atoms with Gasteiger partial charge in [0.2, 0.25) is 0 Å². The van der Waals surface area contributed by atoms with E-state index in [2.05, 4.69) is 32.2 Å².